The second-order valence-corrected chi connectivity index (χ2v) is 7.24. The van der Waals surface area contributed by atoms with Gasteiger partial charge in [-0.15, -0.1) is 0 Å². The van der Waals surface area contributed by atoms with Crippen molar-refractivity contribution in [3.05, 3.63) is 105 Å². The summed E-state index contributed by atoms with van der Waals surface area (Å²) in [5.41, 5.74) is 0.0115. The van der Waals surface area contributed by atoms with Crippen molar-refractivity contribution in [1.82, 2.24) is 4.90 Å². The van der Waals surface area contributed by atoms with Gasteiger partial charge in [0.2, 0.25) is 0 Å². The molecule has 1 saturated heterocycles. The Bertz CT molecular complexity index is 1220. The molecule has 4 rings (SSSR count). The highest BCUT2D eigenvalue weighted by Gasteiger charge is 2.47. The number of hydrogen-bond acceptors (Lipinski definition) is 6. The molecule has 3 aromatic rings. The van der Waals surface area contributed by atoms with E-state index in [9.17, 15) is 24.8 Å². The molecule has 0 radical (unpaired) electrons. The number of furan rings is 1. The van der Waals surface area contributed by atoms with Crippen LogP contribution in [0.15, 0.2) is 76.9 Å². The lowest BCUT2D eigenvalue weighted by molar-refractivity contribution is -0.384. The highest BCUT2D eigenvalue weighted by Crippen LogP contribution is 2.42. The van der Waals surface area contributed by atoms with Crippen molar-refractivity contribution in [2.24, 2.45) is 0 Å². The van der Waals surface area contributed by atoms with Crippen molar-refractivity contribution >= 4 is 34.7 Å². The molecule has 1 unspecified atom stereocenters. The third kappa shape index (κ3) is 3.69. The average molecular weight is 439 g/mol. The predicted molar refractivity (Wildman–Crippen MR) is 111 cm³/mol. The van der Waals surface area contributed by atoms with Gasteiger partial charge in [0.15, 0.2) is 0 Å². The van der Waals surface area contributed by atoms with Gasteiger partial charge >= 0.3 is 0 Å². The first-order valence-corrected chi connectivity index (χ1v) is 9.56. The van der Waals surface area contributed by atoms with E-state index in [2.05, 4.69) is 0 Å². The lowest BCUT2D eigenvalue weighted by Crippen LogP contribution is -2.29. The molecule has 1 fully saturated rings. The minimum atomic E-state index is -1.00. The van der Waals surface area contributed by atoms with Crippen molar-refractivity contribution < 1.29 is 24.0 Å². The summed E-state index contributed by atoms with van der Waals surface area (Å²) in [4.78, 5) is 37.6. The van der Waals surface area contributed by atoms with Gasteiger partial charge in [0.25, 0.3) is 17.4 Å². The first-order valence-electron chi connectivity index (χ1n) is 9.18. The Hall–Kier alpha value is -3.91. The van der Waals surface area contributed by atoms with Crippen LogP contribution >= 0.6 is 11.6 Å². The van der Waals surface area contributed by atoms with Crippen molar-refractivity contribution in [2.45, 2.75) is 12.6 Å². The van der Waals surface area contributed by atoms with Gasteiger partial charge < -0.3 is 14.4 Å². The minimum Gasteiger partial charge on any atom is -0.507 e. The number of nitrogens with zero attached hydrogens (tertiary/aromatic N) is 2. The summed E-state index contributed by atoms with van der Waals surface area (Å²) < 4.78 is 5.32. The standard InChI is InChI=1S/C22H15ClN2O6/c23-17-9-2-1-8-16(17)19-18(20(26)13-5-3-6-14(11-13)25(29)30)21(27)22(28)24(19)12-15-7-4-10-31-15/h1-11,19,26H,12H2/b20-18-. The number of carbonyl (C=O) groups excluding carboxylic acids is 2. The average Bonchev–Trinajstić information content (AvgIpc) is 3.36. The highest BCUT2D eigenvalue weighted by molar-refractivity contribution is 6.46. The number of aliphatic hydroxyl groups excluding tert-OH is 1. The molecule has 0 spiro atoms. The Morgan fingerprint density at radius 3 is 2.58 bits per heavy atom. The van der Waals surface area contributed by atoms with E-state index in [-0.39, 0.29) is 23.4 Å². The normalized spacial score (nSPS) is 17.8. The molecular weight excluding hydrogens is 424 g/mol. The molecule has 31 heavy (non-hydrogen) atoms. The van der Waals surface area contributed by atoms with Gasteiger partial charge in [-0.2, -0.15) is 0 Å². The van der Waals surface area contributed by atoms with E-state index in [4.69, 9.17) is 16.0 Å². The lowest BCUT2D eigenvalue weighted by atomic mass is 9.95. The lowest BCUT2D eigenvalue weighted by Gasteiger charge is -2.25. The number of benzene rings is 2. The van der Waals surface area contributed by atoms with Gasteiger partial charge in [0.1, 0.15) is 11.5 Å². The fourth-order valence-electron chi connectivity index (χ4n) is 3.56. The van der Waals surface area contributed by atoms with Crippen LogP contribution in [0.4, 0.5) is 5.69 Å². The van der Waals surface area contributed by atoms with Crippen LogP contribution in [0.25, 0.3) is 5.76 Å². The summed E-state index contributed by atoms with van der Waals surface area (Å²) in [6, 6.07) is 14.2. The van der Waals surface area contributed by atoms with Crippen LogP contribution in [-0.2, 0) is 16.1 Å². The second-order valence-electron chi connectivity index (χ2n) is 6.84. The number of hydrogen-bond donors (Lipinski definition) is 1. The number of likely N-dealkylation sites (tertiary alicyclic amines) is 1. The number of ketones is 1. The number of halogens is 1. The van der Waals surface area contributed by atoms with Crippen LogP contribution in [-0.4, -0.2) is 26.6 Å². The third-order valence-electron chi connectivity index (χ3n) is 4.98. The number of carbonyl (C=O) groups is 2. The van der Waals surface area contributed by atoms with Gasteiger partial charge in [-0.3, -0.25) is 19.7 Å². The van der Waals surface area contributed by atoms with E-state index in [0.29, 0.717) is 16.3 Å². The Labute approximate surface area is 181 Å². The number of non-ortho nitro benzene ring substituents is 1. The molecular formula is C22H15ClN2O6. The Balaban J connectivity index is 1.90. The predicted octanol–water partition coefficient (Wildman–Crippen LogP) is 4.46. The van der Waals surface area contributed by atoms with E-state index in [0.717, 1.165) is 6.07 Å². The number of Topliss-reactive ketones (excluding diaryl/α,β-unsaturated/α-hetero) is 1. The van der Waals surface area contributed by atoms with Crippen LogP contribution in [0.3, 0.4) is 0 Å². The maximum Gasteiger partial charge on any atom is 0.296 e. The Kier molecular flexibility index (Phi) is 5.31. The first kappa shape index (κ1) is 20.4. The van der Waals surface area contributed by atoms with Gasteiger partial charge in [0.05, 0.1) is 29.3 Å². The molecule has 2 heterocycles. The van der Waals surface area contributed by atoms with Gasteiger partial charge in [-0.25, -0.2) is 0 Å². The molecule has 8 nitrogen and oxygen atoms in total. The molecule has 9 heteroatoms. The molecule has 1 aromatic heterocycles. The van der Waals surface area contributed by atoms with Crippen LogP contribution in [0.1, 0.15) is 22.9 Å². The summed E-state index contributed by atoms with van der Waals surface area (Å²) >= 11 is 6.36. The quantitative estimate of drug-likeness (QED) is 0.207. The van der Waals surface area contributed by atoms with Crippen molar-refractivity contribution in [3.63, 3.8) is 0 Å². The molecule has 156 valence electrons. The number of nitro groups is 1. The molecule has 1 aliphatic rings. The molecule has 0 aliphatic carbocycles. The van der Waals surface area contributed by atoms with Crippen LogP contribution in [0.5, 0.6) is 0 Å². The molecule has 1 aliphatic heterocycles. The van der Waals surface area contributed by atoms with E-state index in [1.165, 1.54) is 29.4 Å². The summed E-state index contributed by atoms with van der Waals surface area (Å²) in [6.07, 6.45) is 1.44. The number of aliphatic hydroxyl groups is 1. The van der Waals surface area contributed by atoms with E-state index in [1.54, 1.807) is 36.4 Å². The van der Waals surface area contributed by atoms with Crippen molar-refractivity contribution in [3.8, 4) is 0 Å². The molecule has 1 atom stereocenters. The van der Waals surface area contributed by atoms with Crippen molar-refractivity contribution in [2.75, 3.05) is 0 Å². The van der Waals surface area contributed by atoms with E-state index >= 15 is 0 Å². The summed E-state index contributed by atoms with van der Waals surface area (Å²) in [6.45, 7) is -0.0286. The van der Waals surface area contributed by atoms with Gasteiger partial charge in [0, 0.05) is 22.7 Å². The van der Waals surface area contributed by atoms with Crippen LogP contribution in [0, 0.1) is 10.1 Å². The zero-order valence-electron chi connectivity index (χ0n) is 15.9. The molecule has 2 aromatic carbocycles. The molecule has 1 amide bonds. The van der Waals surface area contributed by atoms with Crippen LogP contribution < -0.4 is 0 Å². The third-order valence-corrected chi connectivity index (χ3v) is 5.32. The summed E-state index contributed by atoms with van der Waals surface area (Å²) in [5.74, 6) is -1.84. The number of nitro benzene ring substituents is 1. The van der Waals surface area contributed by atoms with E-state index < -0.39 is 28.4 Å². The SMILES string of the molecule is O=C1C(=O)N(Cc2ccco2)C(c2ccccc2Cl)/C1=C(/O)c1cccc([N+](=O)[O-])c1. The molecule has 0 saturated carbocycles. The topological polar surface area (TPSA) is 114 Å². The second kappa shape index (κ2) is 8.08. The van der Waals surface area contributed by atoms with E-state index in [1.807, 2.05) is 0 Å². The van der Waals surface area contributed by atoms with Crippen molar-refractivity contribution in [1.29, 1.82) is 0 Å². The van der Waals surface area contributed by atoms with Gasteiger partial charge in [-0.05, 0) is 23.8 Å². The monoisotopic (exact) mass is 438 g/mol. The largest absolute Gasteiger partial charge is 0.507 e. The van der Waals surface area contributed by atoms with Crippen LogP contribution in [0.2, 0.25) is 5.02 Å². The molecule has 1 N–H and O–H groups in total. The maximum atomic E-state index is 13.0. The first-order chi connectivity index (χ1) is 14.9. The number of rotatable bonds is 5. The summed E-state index contributed by atoms with van der Waals surface area (Å²) in [7, 11) is 0. The fourth-order valence-corrected chi connectivity index (χ4v) is 3.80. The Morgan fingerprint density at radius 1 is 1.13 bits per heavy atom. The Morgan fingerprint density at radius 2 is 1.90 bits per heavy atom. The zero-order valence-corrected chi connectivity index (χ0v) is 16.7. The van der Waals surface area contributed by atoms with Gasteiger partial charge in [-0.1, -0.05) is 41.9 Å². The fraction of sp³-hybridized carbons (Fsp3) is 0.0909. The smallest absolute Gasteiger partial charge is 0.296 e. The maximum absolute atomic E-state index is 13.0. The summed E-state index contributed by atoms with van der Waals surface area (Å²) in [5, 5.41) is 22.4. The molecule has 0 bridgehead atoms. The zero-order chi connectivity index (χ0) is 22.1. The highest BCUT2D eigenvalue weighted by atomic mass is 35.5. The minimum absolute atomic E-state index is 0.0286. The number of amides is 1.